The number of imidazole rings is 1. The molecule has 0 saturated heterocycles. The van der Waals surface area contributed by atoms with Crippen molar-refractivity contribution in [3.05, 3.63) is 51.9 Å². The zero-order valence-electron chi connectivity index (χ0n) is 8.01. The SMILES string of the molecule is O=c1c(Br)cccn1CCn1ccnc1. The van der Waals surface area contributed by atoms with Crippen LogP contribution in [0.2, 0.25) is 0 Å². The molecular weight excluding hydrogens is 258 g/mol. The molecule has 0 atom stereocenters. The molecule has 0 aliphatic rings. The largest absolute Gasteiger partial charge is 0.336 e. The van der Waals surface area contributed by atoms with Gasteiger partial charge in [-0.2, -0.15) is 0 Å². The van der Waals surface area contributed by atoms with Crippen molar-refractivity contribution in [2.24, 2.45) is 0 Å². The Hall–Kier alpha value is -1.36. The molecule has 0 N–H and O–H groups in total. The number of nitrogens with zero attached hydrogens (tertiary/aromatic N) is 3. The van der Waals surface area contributed by atoms with Crippen LogP contribution in [0.5, 0.6) is 0 Å². The monoisotopic (exact) mass is 267 g/mol. The van der Waals surface area contributed by atoms with E-state index in [2.05, 4.69) is 20.9 Å². The fourth-order valence-corrected chi connectivity index (χ4v) is 1.71. The second-order valence-electron chi connectivity index (χ2n) is 3.16. The molecule has 0 fully saturated rings. The summed E-state index contributed by atoms with van der Waals surface area (Å²) in [5.41, 5.74) is -0.00221. The molecule has 2 aromatic rings. The molecule has 0 aliphatic heterocycles. The summed E-state index contributed by atoms with van der Waals surface area (Å²) in [6.07, 6.45) is 7.12. The minimum Gasteiger partial charge on any atom is -0.336 e. The molecule has 2 rings (SSSR count). The number of hydrogen-bond donors (Lipinski definition) is 0. The Labute approximate surface area is 95.3 Å². The summed E-state index contributed by atoms with van der Waals surface area (Å²) in [4.78, 5) is 15.6. The van der Waals surface area contributed by atoms with Gasteiger partial charge < -0.3 is 9.13 Å². The third-order valence-corrected chi connectivity index (χ3v) is 2.74. The number of hydrogen-bond acceptors (Lipinski definition) is 2. The molecule has 0 amide bonds. The summed E-state index contributed by atoms with van der Waals surface area (Å²) >= 11 is 3.21. The van der Waals surface area contributed by atoms with Gasteiger partial charge in [-0.15, -0.1) is 0 Å². The second kappa shape index (κ2) is 4.44. The van der Waals surface area contributed by atoms with E-state index in [9.17, 15) is 4.79 Å². The van der Waals surface area contributed by atoms with Crippen LogP contribution >= 0.6 is 15.9 Å². The van der Waals surface area contributed by atoms with Crippen LogP contribution in [0, 0.1) is 0 Å². The van der Waals surface area contributed by atoms with Crippen molar-refractivity contribution in [1.82, 2.24) is 14.1 Å². The van der Waals surface area contributed by atoms with Crippen LogP contribution < -0.4 is 5.56 Å². The van der Waals surface area contributed by atoms with E-state index in [1.165, 1.54) is 0 Å². The van der Waals surface area contributed by atoms with Gasteiger partial charge in [-0.25, -0.2) is 4.98 Å². The van der Waals surface area contributed by atoms with E-state index < -0.39 is 0 Å². The maximum absolute atomic E-state index is 11.6. The Kier molecular flexibility index (Phi) is 3.01. The molecule has 0 saturated carbocycles. The van der Waals surface area contributed by atoms with E-state index in [4.69, 9.17) is 0 Å². The number of aromatic nitrogens is 3. The van der Waals surface area contributed by atoms with Gasteiger partial charge in [-0.05, 0) is 28.1 Å². The van der Waals surface area contributed by atoms with E-state index in [0.29, 0.717) is 11.0 Å². The Morgan fingerprint density at radius 2 is 2.20 bits per heavy atom. The zero-order valence-corrected chi connectivity index (χ0v) is 9.59. The minimum absolute atomic E-state index is 0.00221. The summed E-state index contributed by atoms with van der Waals surface area (Å²) in [5.74, 6) is 0. The summed E-state index contributed by atoms with van der Waals surface area (Å²) in [6.45, 7) is 1.39. The van der Waals surface area contributed by atoms with E-state index >= 15 is 0 Å². The van der Waals surface area contributed by atoms with Gasteiger partial charge in [0.05, 0.1) is 10.8 Å². The van der Waals surface area contributed by atoms with Gasteiger partial charge in [0.15, 0.2) is 0 Å². The molecule has 0 unspecified atom stereocenters. The fourth-order valence-electron chi connectivity index (χ4n) is 1.33. The van der Waals surface area contributed by atoms with Gasteiger partial charge in [-0.3, -0.25) is 4.79 Å². The van der Waals surface area contributed by atoms with Crippen molar-refractivity contribution in [3.63, 3.8) is 0 Å². The Balaban J connectivity index is 2.12. The lowest BCUT2D eigenvalue weighted by molar-refractivity contribution is 0.563. The predicted octanol–water partition coefficient (Wildman–Crippen LogP) is 1.51. The molecule has 2 heterocycles. The highest BCUT2D eigenvalue weighted by Crippen LogP contribution is 2.00. The normalized spacial score (nSPS) is 10.5. The quantitative estimate of drug-likeness (QED) is 0.846. The van der Waals surface area contributed by atoms with Crippen molar-refractivity contribution in [2.45, 2.75) is 13.1 Å². The first-order chi connectivity index (χ1) is 7.27. The molecule has 2 aromatic heterocycles. The average Bonchev–Trinajstić information content (AvgIpc) is 2.73. The second-order valence-corrected chi connectivity index (χ2v) is 4.01. The van der Waals surface area contributed by atoms with Crippen LogP contribution in [0.15, 0.2) is 46.3 Å². The van der Waals surface area contributed by atoms with Crippen LogP contribution in [0.25, 0.3) is 0 Å². The molecule has 0 aromatic carbocycles. The molecule has 0 spiro atoms. The fraction of sp³-hybridized carbons (Fsp3) is 0.200. The molecule has 0 bridgehead atoms. The van der Waals surface area contributed by atoms with Gasteiger partial charge in [0, 0.05) is 31.7 Å². The van der Waals surface area contributed by atoms with Gasteiger partial charge >= 0.3 is 0 Å². The molecule has 5 heteroatoms. The maximum Gasteiger partial charge on any atom is 0.264 e. The lowest BCUT2D eigenvalue weighted by Crippen LogP contribution is -2.21. The van der Waals surface area contributed by atoms with Gasteiger partial charge in [-0.1, -0.05) is 0 Å². The standard InChI is InChI=1S/C10H10BrN3O/c11-9-2-1-4-14(10(9)15)7-6-13-5-3-12-8-13/h1-5,8H,6-7H2. The molecule has 15 heavy (non-hydrogen) atoms. The van der Waals surface area contributed by atoms with Gasteiger partial charge in [0.25, 0.3) is 5.56 Å². The van der Waals surface area contributed by atoms with Crippen molar-refractivity contribution in [3.8, 4) is 0 Å². The average molecular weight is 268 g/mol. The topological polar surface area (TPSA) is 39.8 Å². The van der Waals surface area contributed by atoms with Crippen molar-refractivity contribution < 1.29 is 0 Å². The molecule has 4 nitrogen and oxygen atoms in total. The van der Waals surface area contributed by atoms with E-state index in [1.807, 2.05) is 16.8 Å². The lowest BCUT2D eigenvalue weighted by atomic mass is 10.4. The van der Waals surface area contributed by atoms with E-state index in [0.717, 1.165) is 6.54 Å². The number of aryl methyl sites for hydroxylation is 2. The molecule has 0 radical (unpaired) electrons. The number of pyridine rings is 1. The van der Waals surface area contributed by atoms with Crippen LogP contribution in [0.1, 0.15) is 0 Å². The first-order valence-electron chi connectivity index (χ1n) is 4.58. The molecular formula is C10H10BrN3O. The zero-order chi connectivity index (χ0) is 10.7. The first-order valence-corrected chi connectivity index (χ1v) is 5.37. The molecule has 0 aliphatic carbocycles. The lowest BCUT2D eigenvalue weighted by Gasteiger charge is -2.06. The van der Waals surface area contributed by atoms with Crippen LogP contribution in [0.3, 0.4) is 0 Å². The number of halogens is 1. The minimum atomic E-state index is -0.00221. The first kappa shape index (κ1) is 10.2. The summed E-state index contributed by atoms with van der Waals surface area (Å²) in [7, 11) is 0. The Morgan fingerprint density at radius 1 is 1.33 bits per heavy atom. The summed E-state index contributed by atoms with van der Waals surface area (Å²) in [5, 5.41) is 0. The van der Waals surface area contributed by atoms with E-state index in [1.54, 1.807) is 29.4 Å². The van der Waals surface area contributed by atoms with Crippen LogP contribution in [-0.2, 0) is 13.1 Å². The smallest absolute Gasteiger partial charge is 0.264 e. The summed E-state index contributed by atoms with van der Waals surface area (Å²) in [6, 6.07) is 3.59. The van der Waals surface area contributed by atoms with Crippen LogP contribution in [0.4, 0.5) is 0 Å². The summed E-state index contributed by atoms with van der Waals surface area (Å²) < 4.78 is 4.20. The predicted molar refractivity (Wildman–Crippen MR) is 60.6 cm³/mol. The Bertz CT molecular complexity index is 490. The van der Waals surface area contributed by atoms with Gasteiger partial charge in [0.1, 0.15) is 0 Å². The van der Waals surface area contributed by atoms with Crippen molar-refractivity contribution in [1.29, 1.82) is 0 Å². The number of rotatable bonds is 3. The van der Waals surface area contributed by atoms with E-state index in [-0.39, 0.29) is 5.56 Å². The third kappa shape index (κ3) is 2.36. The van der Waals surface area contributed by atoms with Crippen molar-refractivity contribution in [2.75, 3.05) is 0 Å². The van der Waals surface area contributed by atoms with Gasteiger partial charge in [0.2, 0.25) is 0 Å². The third-order valence-electron chi connectivity index (χ3n) is 2.13. The highest BCUT2D eigenvalue weighted by Gasteiger charge is 1.99. The van der Waals surface area contributed by atoms with Crippen molar-refractivity contribution >= 4 is 15.9 Å². The Morgan fingerprint density at radius 3 is 2.93 bits per heavy atom. The highest BCUT2D eigenvalue weighted by atomic mass is 79.9. The highest BCUT2D eigenvalue weighted by molar-refractivity contribution is 9.10. The van der Waals surface area contributed by atoms with Crippen LogP contribution in [-0.4, -0.2) is 14.1 Å². The maximum atomic E-state index is 11.6. The molecule has 78 valence electrons.